The summed E-state index contributed by atoms with van der Waals surface area (Å²) in [7, 11) is 4.48. The first-order valence-corrected chi connectivity index (χ1v) is 10.2. The molecule has 2 atom stereocenters. The van der Waals surface area contributed by atoms with Crippen LogP contribution < -0.4 is 18.9 Å². The number of phenols is 2. The van der Waals surface area contributed by atoms with Gasteiger partial charge in [0.25, 0.3) is 0 Å². The van der Waals surface area contributed by atoms with E-state index < -0.39 is 29.2 Å². The largest absolute Gasteiger partial charge is 0.508 e. The van der Waals surface area contributed by atoms with Gasteiger partial charge in [0, 0.05) is 23.0 Å². The first kappa shape index (κ1) is 22.5. The normalized spacial score (nSPS) is 17.2. The summed E-state index contributed by atoms with van der Waals surface area (Å²) in [6.45, 7) is 1.81. The molecule has 0 saturated heterocycles. The van der Waals surface area contributed by atoms with Gasteiger partial charge in [0.1, 0.15) is 11.5 Å². The summed E-state index contributed by atoms with van der Waals surface area (Å²) in [4.78, 5) is 0. The Morgan fingerprint density at radius 1 is 0.848 bits per heavy atom. The van der Waals surface area contributed by atoms with Crippen LogP contribution >= 0.6 is 0 Å². The third-order valence-electron chi connectivity index (χ3n) is 6.09. The Morgan fingerprint density at radius 2 is 1.45 bits per heavy atom. The standard InChI is InChI=1S/C25H24F2O6/c1-12-17(28)7-6-15-21(14-5-8-18(29)23(27)22(14)26)16(11-33-24(12)15)13-9-19(30-2)25(32-4)20(10-13)31-3/h5-10,16,21,28-29H,11H2,1-4H3. The number of methoxy groups -OCH3 is 3. The molecule has 8 heteroatoms. The van der Waals surface area contributed by atoms with Gasteiger partial charge in [-0.05, 0) is 42.3 Å². The van der Waals surface area contributed by atoms with Crippen LogP contribution in [0.5, 0.6) is 34.5 Å². The lowest BCUT2D eigenvalue weighted by molar-refractivity contribution is 0.242. The van der Waals surface area contributed by atoms with E-state index in [0.29, 0.717) is 39.7 Å². The smallest absolute Gasteiger partial charge is 0.203 e. The van der Waals surface area contributed by atoms with Gasteiger partial charge in [0.2, 0.25) is 11.6 Å². The summed E-state index contributed by atoms with van der Waals surface area (Å²) in [6.07, 6.45) is 0. The van der Waals surface area contributed by atoms with Crippen LogP contribution in [0.2, 0.25) is 0 Å². The van der Waals surface area contributed by atoms with Crippen molar-refractivity contribution in [3.63, 3.8) is 0 Å². The Kier molecular flexibility index (Phi) is 5.93. The van der Waals surface area contributed by atoms with Crippen LogP contribution in [0.1, 0.15) is 34.1 Å². The van der Waals surface area contributed by atoms with E-state index >= 15 is 4.39 Å². The highest BCUT2D eigenvalue weighted by molar-refractivity contribution is 5.59. The second kappa shape index (κ2) is 8.69. The van der Waals surface area contributed by atoms with Gasteiger partial charge in [0.15, 0.2) is 23.1 Å². The minimum absolute atomic E-state index is 0.0381. The average Bonchev–Trinajstić information content (AvgIpc) is 2.83. The van der Waals surface area contributed by atoms with E-state index in [4.69, 9.17) is 18.9 Å². The maximum Gasteiger partial charge on any atom is 0.203 e. The third kappa shape index (κ3) is 3.65. The van der Waals surface area contributed by atoms with Gasteiger partial charge in [0.05, 0.1) is 27.9 Å². The van der Waals surface area contributed by atoms with Gasteiger partial charge in [-0.25, -0.2) is 4.39 Å². The minimum atomic E-state index is -1.32. The molecule has 0 aliphatic carbocycles. The summed E-state index contributed by atoms with van der Waals surface area (Å²) in [6, 6.07) is 9.11. The van der Waals surface area contributed by atoms with Crippen LogP contribution in [0.15, 0.2) is 36.4 Å². The average molecular weight is 458 g/mol. The first-order chi connectivity index (χ1) is 15.8. The van der Waals surface area contributed by atoms with Crippen LogP contribution in [0.25, 0.3) is 0 Å². The van der Waals surface area contributed by atoms with Crippen LogP contribution in [0.4, 0.5) is 8.78 Å². The number of fused-ring (bicyclic) bond motifs is 1. The Labute approximate surface area is 189 Å². The number of halogens is 2. The Morgan fingerprint density at radius 3 is 2.06 bits per heavy atom. The molecule has 1 aliphatic heterocycles. The lowest BCUT2D eigenvalue weighted by Crippen LogP contribution is -2.27. The zero-order chi connectivity index (χ0) is 23.9. The molecule has 0 bridgehead atoms. The van der Waals surface area contributed by atoms with Gasteiger partial charge in [-0.3, -0.25) is 0 Å². The number of benzene rings is 3. The summed E-state index contributed by atoms with van der Waals surface area (Å²) < 4.78 is 51.9. The van der Waals surface area contributed by atoms with E-state index in [1.807, 2.05) is 0 Å². The highest BCUT2D eigenvalue weighted by atomic mass is 19.2. The molecule has 0 amide bonds. The summed E-state index contributed by atoms with van der Waals surface area (Å²) in [5.74, 6) is -2.72. The van der Waals surface area contributed by atoms with Crippen molar-refractivity contribution in [2.24, 2.45) is 0 Å². The lowest BCUT2D eigenvalue weighted by atomic mass is 9.75. The van der Waals surface area contributed by atoms with Crippen molar-refractivity contribution >= 4 is 0 Å². The fourth-order valence-corrected chi connectivity index (χ4v) is 4.41. The van der Waals surface area contributed by atoms with Gasteiger partial charge in [-0.1, -0.05) is 12.1 Å². The molecule has 0 fully saturated rings. The zero-order valence-corrected chi connectivity index (χ0v) is 18.6. The van der Waals surface area contributed by atoms with E-state index in [1.54, 1.807) is 25.1 Å². The quantitative estimate of drug-likeness (QED) is 0.559. The molecule has 4 rings (SSSR count). The van der Waals surface area contributed by atoms with Crippen LogP contribution in [-0.2, 0) is 0 Å². The van der Waals surface area contributed by atoms with Gasteiger partial charge in [-0.15, -0.1) is 0 Å². The molecule has 0 saturated carbocycles. The molecular formula is C25H24F2O6. The molecule has 0 aromatic heterocycles. The van der Waals surface area contributed by atoms with Gasteiger partial charge < -0.3 is 29.2 Å². The van der Waals surface area contributed by atoms with Gasteiger partial charge in [-0.2, -0.15) is 4.39 Å². The molecule has 3 aromatic rings. The molecule has 2 unspecified atom stereocenters. The van der Waals surface area contributed by atoms with E-state index in [-0.39, 0.29) is 17.9 Å². The molecule has 1 aliphatic rings. The highest BCUT2D eigenvalue weighted by Gasteiger charge is 2.38. The van der Waals surface area contributed by atoms with Crippen LogP contribution in [-0.4, -0.2) is 38.1 Å². The molecule has 2 N–H and O–H groups in total. The van der Waals surface area contributed by atoms with Crippen molar-refractivity contribution < 1.29 is 37.9 Å². The molecule has 174 valence electrons. The molecular weight excluding hydrogens is 434 g/mol. The van der Waals surface area contributed by atoms with Crippen molar-refractivity contribution in [1.82, 2.24) is 0 Å². The van der Waals surface area contributed by atoms with Gasteiger partial charge >= 0.3 is 0 Å². The fourth-order valence-electron chi connectivity index (χ4n) is 4.41. The van der Waals surface area contributed by atoms with E-state index in [9.17, 15) is 14.6 Å². The Bertz CT molecular complexity index is 1180. The number of hydrogen-bond donors (Lipinski definition) is 2. The number of aromatic hydroxyl groups is 2. The first-order valence-electron chi connectivity index (χ1n) is 10.2. The maximum atomic E-state index is 15.1. The molecule has 33 heavy (non-hydrogen) atoms. The Hall–Kier alpha value is -3.68. The SMILES string of the molecule is COc1cc(C2COc3c(ccc(O)c3C)C2c2ccc(O)c(F)c2F)cc(OC)c1OC. The second-order valence-electron chi connectivity index (χ2n) is 7.78. The van der Waals surface area contributed by atoms with E-state index in [0.717, 1.165) is 6.07 Å². The predicted octanol–water partition coefficient (Wildman–Crippen LogP) is 5.02. The molecule has 0 radical (unpaired) electrons. The number of phenolic OH excluding ortho intramolecular Hbond substituents is 2. The summed E-state index contributed by atoms with van der Waals surface area (Å²) in [5, 5.41) is 19.8. The predicted molar refractivity (Wildman–Crippen MR) is 117 cm³/mol. The third-order valence-corrected chi connectivity index (χ3v) is 6.09. The lowest BCUT2D eigenvalue weighted by Gasteiger charge is -2.36. The number of hydrogen-bond acceptors (Lipinski definition) is 6. The fraction of sp³-hybridized carbons (Fsp3) is 0.280. The summed E-state index contributed by atoms with van der Waals surface area (Å²) in [5.41, 5.74) is 1.83. The number of rotatable bonds is 5. The van der Waals surface area contributed by atoms with E-state index in [2.05, 4.69) is 0 Å². The van der Waals surface area contributed by atoms with Crippen molar-refractivity contribution in [1.29, 1.82) is 0 Å². The second-order valence-corrected chi connectivity index (χ2v) is 7.78. The van der Waals surface area contributed by atoms with Crippen molar-refractivity contribution in [3.8, 4) is 34.5 Å². The monoisotopic (exact) mass is 458 g/mol. The molecule has 0 spiro atoms. The summed E-state index contributed by atoms with van der Waals surface area (Å²) >= 11 is 0. The number of ether oxygens (including phenoxy) is 4. The van der Waals surface area contributed by atoms with Crippen molar-refractivity contribution in [2.45, 2.75) is 18.8 Å². The maximum absolute atomic E-state index is 15.1. The van der Waals surface area contributed by atoms with E-state index in [1.165, 1.54) is 33.5 Å². The van der Waals surface area contributed by atoms with Crippen LogP contribution in [0.3, 0.4) is 0 Å². The molecule has 1 heterocycles. The zero-order valence-electron chi connectivity index (χ0n) is 18.6. The Balaban J connectivity index is 1.97. The highest BCUT2D eigenvalue weighted by Crippen LogP contribution is 2.51. The molecule has 6 nitrogen and oxygen atoms in total. The minimum Gasteiger partial charge on any atom is -0.508 e. The van der Waals surface area contributed by atoms with Crippen molar-refractivity contribution in [2.75, 3.05) is 27.9 Å². The topological polar surface area (TPSA) is 77.4 Å². The van der Waals surface area contributed by atoms with Crippen molar-refractivity contribution in [3.05, 3.63) is 70.3 Å². The molecule has 3 aromatic carbocycles. The van der Waals surface area contributed by atoms with Crippen LogP contribution in [0, 0.1) is 18.6 Å².